The fraction of sp³-hybridized carbons (Fsp3) is 0.625. The number of rotatable bonds is 12. The maximum absolute atomic E-state index is 14.6. The second-order valence-corrected chi connectivity index (χ2v) is 16.0. The summed E-state index contributed by atoms with van der Waals surface area (Å²) in [7, 11) is 0.734. The van der Waals surface area contributed by atoms with Gasteiger partial charge in [0.25, 0.3) is 0 Å². The molecule has 0 fully saturated rings. The van der Waals surface area contributed by atoms with Gasteiger partial charge >= 0.3 is 7.60 Å². The lowest BCUT2D eigenvalue weighted by Gasteiger charge is -2.35. The molecule has 40 heavy (non-hydrogen) atoms. The van der Waals surface area contributed by atoms with Crippen LogP contribution in [0.1, 0.15) is 97.3 Å². The van der Waals surface area contributed by atoms with Crippen LogP contribution in [-0.4, -0.2) is 49.0 Å². The monoisotopic (exact) mass is 640 g/mol. The van der Waals surface area contributed by atoms with Crippen LogP contribution in [0.4, 0.5) is 0 Å². The number of hydrogen-bond donors (Lipinski definition) is 2. The van der Waals surface area contributed by atoms with Crippen molar-refractivity contribution in [2.45, 2.75) is 105 Å². The predicted molar refractivity (Wildman–Crippen MR) is 163 cm³/mol. The average molecular weight is 642 g/mol. The molecule has 8 heteroatoms. The van der Waals surface area contributed by atoms with Gasteiger partial charge in [-0.3, -0.25) is 9.88 Å². The molecular weight excluding hydrogens is 587 g/mol. The number of halogens is 1. The number of hydrogen-bond acceptors (Lipinski definition) is 5. The fourth-order valence-electron chi connectivity index (χ4n) is 4.77. The molecule has 228 valence electrons. The SMILES string of the molecule is CC(C)OP(=O)(OC(C)C)C(NCC[N+](C)(C)Cc1ccccc1)c1cc(C(C)(C)C)c(O)c(C(C)(C)C)c1.[Br-]. The zero-order chi connectivity index (χ0) is 29.8. The Balaban J connectivity index is 0.00000800. The van der Waals surface area contributed by atoms with E-state index in [0.29, 0.717) is 12.3 Å². The van der Waals surface area contributed by atoms with Crippen LogP contribution in [0.25, 0.3) is 0 Å². The van der Waals surface area contributed by atoms with Gasteiger partial charge in [0.1, 0.15) is 18.1 Å². The van der Waals surface area contributed by atoms with E-state index in [1.807, 2.05) is 45.9 Å². The number of nitrogens with zero attached hydrogens (tertiary/aromatic N) is 1. The Labute approximate surface area is 254 Å². The summed E-state index contributed by atoms with van der Waals surface area (Å²) >= 11 is 0. The van der Waals surface area contributed by atoms with Gasteiger partial charge in [0.2, 0.25) is 0 Å². The van der Waals surface area contributed by atoms with Crippen molar-refractivity contribution < 1.29 is 40.2 Å². The molecule has 2 aromatic rings. The van der Waals surface area contributed by atoms with Gasteiger partial charge in [0.15, 0.2) is 0 Å². The van der Waals surface area contributed by atoms with E-state index in [1.165, 1.54) is 5.56 Å². The number of phenols is 1. The third-order valence-corrected chi connectivity index (χ3v) is 9.15. The highest BCUT2D eigenvalue weighted by atomic mass is 79.9. The number of quaternary nitrogens is 1. The van der Waals surface area contributed by atoms with E-state index >= 15 is 0 Å². The Morgan fingerprint density at radius 3 is 1.73 bits per heavy atom. The van der Waals surface area contributed by atoms with Crippen molar-refractivity contribution in [2.75, 3.05) is 27.2 Å². The summed E-state index contributed by atoms with van der Waals surface area (Å²) in [6, 6.07) is 14.4. The molecule has 1 atom stereocenters. The second-order valence-electron chi connectivity index (χ2n) is 14.0. The first kappa shape index (κ1) is 36.8. The minimum atomic E-state index is -3.67. The lowest BCUT2D eigenvalue weighted by Crippen LogP contribution is -3.00. The Kier molecular flexibility index (Phi) is 13.2. The van der Waals surface area contributed by atoms with E-state index in [-0.39, 0.29) is 40.0 Å². The number of aromatic hydroxyl groups is 1. The van der Waals surface area contributed by atoms with Crippen LogP contribution in [0.15, 0.2) is 42.5 Å². The van der Waals surface area contributed by atoms with Crippen LogP contribution in [0, 0.1) is 0 Å². The molecule has 0 amide bonds. The third-order valence-electron chi connectivity index (χ3n) is 6.60. The molecule has 1 unspecified atom stereocenters. The largest absolute Gasteiger partial charge is 1.00 e. The highest BCUT2D eigenvalue weighted by Crippen LogP contribution is 2.62. The quantitative estimate of drug-likeness (QED) is 0.255. The molecule has 0 aromatic heterocycles. The first-order chi connectivity index (χ1) is 17.7. The molecule has 2 N–H and O–H groups in total. The molecule has 0 radical (unpaired) electrons. The molecule has 0 bridgehead atoms. The van der Waals surface area contributed by atoms with E-state index < -0.39 is 13.4 Å². The Morgan fingerprint density at radius 2 is 1.32 bits per heavy atom. The summed E-state index contributed by atoms with van der Waals surface area (Å²) in [5.41, 5.74) is 3.08. The first-order valence-electron chi connectivity index (χ1n) is 14.2. The maximum Gasteiger partial charge on any atom is 0.352 e. The zero-order valence-electron chi connectivity index (χ0n) is 26.8. The van der Waals surface area contributed by atoms with E-state index in [4.69, 9.17) is 9.05 Å². The number of nitrogens with one attached hydrogen (secondary N) is 1. The standard InChI is InChI=1S/C32H53N2O4P.BrH/c1-23(2)37-39(36,38-24(3)4)30(33-18-19-34(11,12)22-25-16-14-13-15-17-25)26-20-27(31(5,6)7)29(35)28(21-26)32(8,9)10;/h13-17,20-21,23-24,30,33H,18-19,22H2,1-12H3;1H. The van der Waals surface area contributed by atoms with Crippen LogP contribution < -0.4 is 22.3 Å². The summed E-state index contributed by atoms with van der Waals surface area (Å²) in [6.07, 6.45) is -0.573. The van der Waals surface area contributed by atoms with Gasteiger partial charge in [-0.05, 0) is 67.3 Å². The van der Waals surface area contributed by atoms with Gasteiger partial charge < -0.3 is 35.6 Å². The topological polar surface area (TPSA) is 67.8 Å². The highest BCUT2D eigenvalue weighted by molar-refractivity contribution is 7.54. The molecule has 0 heterocycles. The van der Waals surface area contributed by atoms with Crippen molar-refractivity contribution in [1.82, 2.24) is 5.32 Å². The van der Waals surface area contributed by atoms with Crippen LogP contribution in [0.5, 0.6) is 5.75 Å². The summed E-state index contributed by atoms with van der Waals surface area (Å²) < 4.78 is 27.6. The summed E-state index contributed by atoms with van der Waals surface area (Å²) in [5, 5.41) is 14.9. The Hall–Kier alpha value is -1.21. The molecule has 2 rings (SSSR count). The summed E-state index contributed by atoms with van der Waals surface area (Å²) in [4.78, 5) is 0. The van der Waals surface area contributed by atoms with Gasteiger partial charge in [0, 0.05) is 12.1 Å². The van der Waals surface area contributed by atoms with Crippen molar-refractivity contribution in [3.05, 3.63) is 64.7 Å². The van der Waals surface area contributed by atoms with E-state index in [1.54, 1.807) is 0 Å². The molecule has 0 spiro atoms. The van der Waals surface area contributed by atoms with Gasteiger partial charge in [-0.2, -0.15) is 0 Å². The number of likely N-dealkylation sites (N-methyl/N-ethyl adjacent to an activating group) is 1. The molecule has 2 aromatic carbocycles. The molecule has 6 nitrogen and oxygen atoms in total. The molecule has 0 aliphatic rings. The minimum Gasteiger partial charge on any atom is -1.00 e. The van der Waals surface area contributed by atoms with Gasteiger partial charge in [-0.1, -0.05) is 71.9 Å². The molecule has 0 aliphatic heterocycles. The Morgan fingerprint density at radius 1 is 0.875 bits per heavy atom. The van der Waals surface area contributed by atoms with Gasteiger partial charge in [-0.25, -0.2) is 0 Å². The summed E-state index contributed by atoms with van der Waals surface area (Å²) in [5.74, 6) is -0.399. The highest BCUT2D eigenvalue weighted by Gasteiger charge is 2.41. The van der Waals surface area contributed by atoms with Crippen molar-refractivity contribution in [1.29, 1.82) is 0 Å². The zero-order valence-corrected chi connectivity index (χ0v) is 29.3. The van der Waals surface area contributed by atoms with Crippen molar-refractivity contribution in [3.8, 4) is 5.75 Å². The van der Waals surface area contributed by atoms with Crippen LogP contribution in [0.3, 0.4) is 0 Å². The molecular formula is C32H54BrN2O4P. The second kappa shape index (κ2) is 14.3. The van der Waals surface area contributed by atoms with E-state index in [0.717, 1.165) is 34.3 Å². The number of benzene rings is 2. The maximum atomic E-state index is 14.6. The van der Waals surface area contributed by atoms with Gasteiger partial charge in [0.05, 0.1) is 32.8 Å². The van der Waals surface area contributed by atoms with Crippen LogP contribution in [-0.2, 0) is 31.0 Å². The van der Waals surface area contributed by atoms with Crippen LogP contribution >= 0.6 is 7.60 Å². The third kappa shape index (κ3) is 10.6. The summed E-state index contributed by atoms with van der Waals surface area (Å²) in [6.45, 7) is 22.3. The Bertz CT molecular complexity index is 1070. The number of phenolic OH excluding ortho intramolecular Hbond substituents is 1. The molecule has 0 aliphatic carbocycles. The van der Waals surface area contributed by atoms with Crippen molar-refractivity contribution >= 4 is 7.60 Å². The first-order valence-corrected chi connectivity index (χ1v) is 15.8. The minimum absolute atomic E-state index is 0. The van der Waals surface area contributed by atoms with Crippen molar-refractivity contribution in [2.24, 2.45) is 0 Å². The smallest absolute Gasteiger partial charge is 0.352 e. The normalized spacial score (nSPS) is 13.9. The lowest BCUT2D eigenvalue weighted by molar-refractivity contribution is -0.902. The van der Waals surface area contributed by atoms with Crippen LogP contribution in [0.2, 0.25) is 0 Å². The van der Waals surface area contributed by atoms with E-state index in [9.17, 15) is 9.67 Å². The molecule has 0 saturated carbocycles. The average Bonchev–Trinajstić information content (AvgIpc) is 2.74. The lowest BCUT2D eigenvalue weighted by atomic mass is 9.78. The van der Waals surface area contributed by atoms with Gasteiger partial charge in [-0.15, -0.1) is 0 Å². The molecule has 0 saturated heterocycles. The van der Waals surface area contributed by atoms with Crippen molar-refractivity contribution in [3.63, 3.8) is 0 Å². The predicted octanol–water partition coefficient (Wildman–Crippen LogP) is 4.90. The van der Waals surface area contributed by atoms with E-state index in [2.05, 4.69) is 85.2 Å². The fourth-order valence-corrected chi connectivity index (χ4v) is 7.10.